The first kappa shape index (κ1) is 13.9. The maximum Gasteiger partial charge on any atom is 0.159 e. The fourth-order valence-electron chi connectivity index (χ4n) is 2.61. The molecular formula is C17H14N4OS. The van der Waals surface area contributed by atoms with Crippen LogP contribution in [0.5, 0.6) is 5.75 Å². The molecule has 0 bridgehead atoms. The number of benzene rings is 2. The summed E-state index contributed by atoms with van der Waals surface area (Å²) in [6.07, 6.45) is 0. The van der Waals surface area contributed by atoms with Crippen LogP contribution in [0.2, 0.25) is 0 Å². The van der Waals surface area contributed by atoms with Crippen molar-refractivity contribution < 1.29 is 4.74 Å². The molecule has 2 heterocycles. The van der Waals surface area contributed by atoms with Crippen molar-refractivity contribution in [3.05, 3.63) is 54.2 Å². The van der Waals surface area contributed by atoms with Gasteiger partial charge in [-0.1, -0.05) is 16.6 Å². The molecule has 23 heavy (non-hydrogen) atoms. The van der Waals surface area contributed by atoms with Gasteiger partial charge >= 0.3 is 0 Å². The molecule has 0 amide bonds. The number of fused-ring (bicyclic) bond motifs is 1. The normalized spacial score (nSPS) is 11.0. The molecule has 0 spiro atoms. The molecule has 0 aliphatic rings. The lowest BCUT2D eigenvalue weighted by Gasteiger charge is -2.09. The zero-order valence-corrected chi connectivity index (χ0v) is 13.5. The minimum Gasteiger partial charge on any atom is -0.497 e. The second kappa shape index (κ2) is 5.48. The van der Waals surface area contributed by atoms with Gasteiger partial charge < -0.3 is 4.74 Å². The molecule has 5 nitrogen and oxygen atoms in total. The first-order valence-corrected chi connectivity index (χ1v) is 7.96. The molecule has 0 saturated heterocycles. The SMILES string of the molecule is COc1ccc(-n2c(-c3snnc3C)nc3ccccc32)cc1. The smallest absolute Gasteiger partial charge is 0.159 e. The summed E-state index contributed by atoms with van der Waals surface area (Å²) in [4.78, 5) is 5.78. The molecule has 0 atom stereocenters. The van der Waals surface area contributed by atoms with E-state index in [1.807, 2.05) is 49.4 Å². The van der Waals surface area contributed by atoms with Gasteiger partial charge in [0.1, 0.15) is 10.6 Å². The summed E-state index contributed by atoms with van der Waals surface area (Å²) in [5, 5.41) is 4.12. The molecule has 0 fully saturated rings. The van der Waals surface area contributed by atoms with Crippen LogP contribution in [0, 0.1) is 6.92 Å². The number of methoxy groups -OCH3 is 1. The minimum absolute atomic E-state index is 0.829. The Morgan fingerprint density at radius 1 is 1.04 bits per heavy atom. The third-order valence-electron chi connectivity index (χ3n) is 3.75. The highest BCUT2D eigenvalue weighted by atomic mass is 32.1. The fourth-order valence-corrected chi connectivity index (χ4v) is 3.24. The number of aryl methyl sites for hydroxylation is 1. The second-order valence-electron chi connectivity index (χ2n) is 5.15. The Hall–Kier alpha value is -2.73. The lowest BCUT2D eigenvalue weighted by Crippen LogP contribution is -1.97. The number of hydrogen-bond donors (Lipinski definition) is 0. The van der Waals surface area contributed by atoms with Crippen LogP contribution in [-0.4, -0.2) is 26.2 Å². The van der Waals surface area contributed by atoms with E-state index in [4.69, 9.17) is 9.72 Å². The summed E-state index contributed by atoms with van der Waals surface area (Å²) in [5.74, 6) is 1.69. The lowest BCUT2D eigenvalue weighted by molar-refractivity contribution is 0.415. The number of aromatic nitrogens is 4. The average molecular weight is 322 g/mol. The molecule has 2 aromatic carbocycles. The summed E-state index contributed by atoms with van der Waals surface area (Å²) in [7, 11) is 1.67. The molecule has 0 N–H and O–H groups in total. The summed E-state index contributed by atoms with van der Waals surface area (Å²) >= 11 is 1.37. The van der Waals surface area contributed by atoms with Crippen LogP contribution >= 0.6 is 11.5 Å². The number of imidazole rings is 1. The van der Waals surface area contributed by atoms with Gasteiger partial charge in [-0.15, -0.1) is 5.10 Å². The molecule has 6 heteroatoms. The van der Waals surface area contributed by atoms with Gasteiger partial charge in [0.05, 0.1) is 23.8 Å². The van der Waals surface area contributed by atoms with Gasteiger partial charge in [0, 0.05) is 5.69 Å². The van der Waals surface area contributed by atoms with Crippen LogP contribution < -0.4 is 4.74 Å². The van der Waals surface area contributed by atoms with Crippen LogP contribution in [0.15, 0.2) is 48.5 Å². The third-order valence-corrected chi connectivity index (χ3v) is 4.57. The van der Waals surface area contributed by atoms with E-state index in [9.17, 15) is 0 Å². The molecule has 4 rings (SSSR count). The standard InChI is InChI=1S/C17H14N4OS/c1-11-16(23-20-19-11)17-18-14-5-3-4-6-15(14)21(17)12-7-9-13(22-2)10-8-12/h3-10H,1-2H3. The largest absolute Gasteiger partial charge is 0.497 e. The zero-order valence-electron chi connectivity index (χ0n) is 12.7. The number of para-hydroxylation sites is 2. The highest BCUT2D eigenvalue weighted by molar-refractivity contribution is 7.09. The Kier molecular flexibility index (Phi) is 3.31. The van der Waals surface area contributed by atoms with Crippen molar-refractivity contribution in [2.24, 2.45) is 0 Å². The molecule has 2 aromatic heterocycles. The van der Waals surface area contributed by atoms with Crippen molar-refractivity contribution in [2.45, 2.75) is 6.92 Å². The molecular weight excluding hydrogens is 308 g/mol. The van der Waals surface area contributed by atoms with Crippen LogP contribution in [0.4, 0.5) is 0 Å². The zero-order chi connectivity index (χ0) is 15.8. The molecule has 0 unspecified atom stereocenters. The highest BCUT2D eigenvalue weighted by Gasteiger charge is 2.18. The first-order valence-electron chi connectivity index (χ1n) is 7.19. The number of rotatable bonds is 3. The van der Waals surface area contributed by atoms with E-state index < -0.39 is 0 Å². The maximum atomic E-state index is 5.25. The van der Waals surface area contributed by atoms with Gasteiger partial charge in [-0.05, 0) is 54.9 Å². The molecule has 0 aliphatic carbocycles. The Balaban J connectivity index is 2.01. The molecule has 0 radical (unpaired) electrons. The number of nitrogens with zero attached hydrogens (tertiary/aromatic N) is 4. The fraction of sp³-hybridized carbons (Fsp3) is 0.118. The van der Waals surface area contributed by atoms with E-state index in [0.717, 1.165) is 38.9 Å². The van der Waals surface area contributed by atoms with Gasteiger partial charge in [-0.3, -0.25) is 4.57 Å². The third kappa shape index (κ3) is 2.27. The summed E-state index contributed by atoms with van der Waals surface area (Å²) < 4.78 is 11.4. The lowest BCUT2D eigenvalue weighted by atomic mass is 10.2. The molecule has 114 valence electrons. The van der Waals surface area contributed by atoms with Gasteiger partial charge in [0.15, 0.2) is 5.82 Å². The Labute approximate surface area is 137 Å². The predicted molar refractivity (Wildman–Crippen MR) is 91.3 cm³/mol. The van der Waals surface area contributed by atoms with E-state index in [2.05, 4.69) is 20.2 Å². The van der Waals surface area contributed by atoms with Crippen molar-refractivity contribution in [3.8, 4) is 22.1 Å². The van der Waals surface area contributed by atoms with Crippen LogP contribution in [-0.2, 0) is 0 Å². The maximum absolute atomic E-state index is 5.25. The monoisotopic (exact) mass is 322 g/mol. The van der Waals surface area contributed by atoms with Gasteiger partial charge in [-0.2, -0.15) is 0 Å². The van der Waals surface area contributed by atoms with Crippen molar-refractivity contribution >= 4 is 22.6 Å². The molecule has 0 saturated carbocycles. The van der Waals surface area contributed by atoms with E-state index in [1.165, 1.54) is 11.5 Å². The molecule has 0 aliphatic heterocycles. The van der Waals surface area contributed by atoms with Gasteiger partial charge in [-0.25, -0.2) is 4.98 Å². The van der Waals surface area contributed by atoms with Crippen molar-refractivity contribution in [1.82, 2.24) is 19.1 Å². The average Bonchev–Trinajstić information content (AvgIpc) is 3.18. The van der Waals surface area contributed by atoms with Crippen LogP contribution in [0.1, 0.15) is 5.69 Å². The summed E-state index contributed by atoms with van der Waals surface area (Å²) in [6.45, 7) is 1.95. The van der Waals surface area contributed by atoms with E-state index in [1.54, 1.807) is 7.11 Å². The Bertz CT molecular complexity index is 972. The highest BCUT2D eigenvalue weighted by Crippen LogP contribution is 2.32. The topological polar surface area (TPSA) is 52.8 Å². The minimum atomic E-state index is 0.829. The predicted octanol–water partition coefficient (Wildman–Crippen LogP) is 3.86. The van der Waals surface area contributed by atoms with E-state index in [0.29, 0.717) is 0 Å². The van der Waals surface area contributed by atoms with Gasteiger partial charge in [0.25, 0.3) is 0 Å². The van der Waals surface area contributed by atoms with Crippen LogP contribution in [0.3, 0.4) is 0 Å². The quantitative estimate of drug-likeness (QED) is 0.575. The van der Waals surface area contributed by atoms with Crippen molar-refractivity contribution in [2.75, 3.05) is 7.11 Å². The first-order chi connectivity index (χ1) is 11.3. The van der Waals surface area contributed by atoms with Crippen molar-refractivity contribution in [3.63, 3.8) is 0 Å². The van der Waals surface area contributed by atoms with Gasteiger partial charge in [0.2, 0.25) is 0 Å². The molecule has 4 aromatic rings. The Morgan fingerprint density at radius 3 is 2.52 bits per heavy atom. The summed E-state index contributed by atoms with van der Waals surface area (Å²) in [5.41, 5.74) is 3.92. The summed E-state index contributed by atoms with van der Waals surface area (Å²) in [6, 6.07) is 16.1. The Morgan fingerprint density at radius 2 is 1.83 bits per heavy atom. The van der Waals surface area contributed by atoms with Crippen molar-refractivity contribution in [1.29, 1.82) is 0 Å². The number of hydrogen-bond acceptors (Lipinski definition) is 5. The van der Waals surface area contributed by atoms with E-state index >= 15 is 0 Å². The number of ether oxygens (including phenoxy) is 1. The van der Waals surface area contributed by atoms with Crippen LogP contribution in [0.25, 0.3) is 27.4 Å². The second-order valence-corrected chi connectivity index (χ2v) is 5.90. The van der Waals surface area contributed by atoms with E-state index in [-0.39, 0.29) is 0 Å².